The van der Waals surface area contributed by atoms with Gasteiger partial charge in [-0.25, -0.2) is 9.48 Å². The molecule has 23 heavy (non-hydrogen) atoms. The minimum absolute atomic E-state index is 0.0116. The first-order valence-corrected chi connectivity index (χ1v) is 8.27. The molecule has 1 heterocycles. The second kappa shape index (κ2) is 7.55. The molecule has 0 saturated heterocycles. The standard InChI is InChI=1S/C17H19BrN2O3/c1-4-23-17(22)14-9-15(12-6-5-7-13(18)8-12)19-20(16(14)21)10-11(2)3/h5-9,11H,4,10H2,1-3H3. The van der Waals surface area contributed by atoms with Gasteiger partial charge in [0.1, 0.15) is 5.56 Å². The van der Waals surface area contributed by atoms with Gasteiger partial charge in [-0.15, -0.1) is 0 Å². The quantitative estimate of drug-likeness (QED) is 0.746. The van der Waals surface area contributed by atoms with Gasteiger partial charge in [0.05, 0.1) is 12.3 Å². The lowest BCUT2D eigenvalue weighted by molar-refractivity contribution is 0.0523. The van der Waals surface area contributed by atoms with E-state index in [4.69, 9.17) is 4.74 Å². The Morgan fingerprint density at radius 1 is 1.35 bits per heavy atom. The first-order valence-electron chi connectivity index (χ1n) is 7.47. The third-order valence-corrected chi connectivity index (χ3v) is 3.62. The zero-order chi connectivity index (χ0) is 17.0. The summed E-state index contributed by atoms with van der Waals surface area (Å²) in [4.78, 5) is 24.5. The molecule has 0 atom stereocenters. The summed E-state index contributed by atoms with van der Waals surface area (Å²) < 4.78 is 7.23. The highest BCUT2D eigenvalue weighted by Crippen LogP contribution is 2.21. The van der Waals surface area contributed by atoms with Gasteiger partial charge in [0.25, 0.3) is 5.56 Å². The maximum absolute atomic E-state index is 12.5. The zero-order valence-corrected chi connectivity index (χ0v) is 15.0. The smallest absolute Gasteiger partial charge is 0.343 e. The highest BCUT2D eigenvalue weighted by atomic mass is 79.9. The van der Waals surface area contributed by atoms with Crippen molar-refractivity contribution in [3.63, 3.8) is 0 Å². The Balaban J connectivity index is 2.61. The number of rotatable bonds is 5. The normalized spacial score (nSPS) is 10.8. The van der Waals surface area contributed by atoms with Crippen LogP contribution in [0.2, 0.25) is 0 Å². The molecular formula is C17H19BrN2O3. The molecular weight excluding hydrogens is 360 g/mol. The van der Waals surface area contributed by atoms with Gasteiger partial charge >= 0.3 is 5.97 Å². The van der Waals surface area contributed by atoms with E-state index in [9.17, 15) is 9.59 Å². The molecule has 0 unspecified atom stereocenters. The van der Waals surface area contributed by atoms with Crippen LogP contribution in [0, 0.1) is 5.92 Å². The van der Waals surface area contributed by atoms with Gasteiger partial charge in [0.2, 0.25) is 0 Å². The maximum atomic E-state index is 12.5. The third kappa shape index (κ3) is 4.28. The van der Waals surface area contributed by atoms with Gasteiger partial charge < -0.3 is 4.74 Å². The molecule has 5 nitrogen and oxygen atoms in total. The van der Waals surface area contributed by atoms with Crippen molar-refractivity contribution in [2.24, 2.45) is 5.92 Å². The van der Waals surface area contributed by atoms with Crippen LogP contribution in [0.25, 0.3) is 11.3 Å². The number of benzene rings is 1. The lowest BCUT2D eigenvalue weighted by Gasteiger charge is -2.12. The number of carbonyl (C=O) groups excluding carboxylic acids is 1. The van der Waals surface area contributed by atoms with Crippen LogP contribution in [0.5, 0.6) is 0 Å². The van der Waals surface area contributed by atoms with E-state index in [1.54, 1.807) is 6.92 Å². The van der Waals surface area contributed by atoms with E-state index < -0.39 is 11.5 Å². The van der Waals surface area contributed by atoms with E-state index in [-0.39, 0.29) is 18.1 Å². The summed E-state index contributed by atoms with van der Waals surface area (Å²) in [6.07, 6.45) is 0. The van der Waals surface area contributed by atoms with E-state index in [1.165, 1.54) is 10.7 Å². The van der Waals surface area contributed by atoms with E-state index in [0.29, 0.717) is 12.2 Å². The maximum Gasteiger partial charge on any atom is 0.343 e. The predicted molar refractivity (Wildman–Crippen MR) is 92.4 cm³/mol. The summed E-state index contributed by atoms with van der Waals surface area (Å²) in [5.74, 6) is -0.387. The summed E-state index contributed by atoms with van der Waals surface area (Å²) in [5.41, 5.74) is 0.977. The molecule has 6 heteroatoms. The fourth-order valence-corrected chi connectivity index (χ4v) is 2.55. The average molecular weight is 379 g/mol. The fraction of sp³-hybridized carbons (Fsp3) is 0.353. The summed E-state index contributed by atoms with van der Waals surface area (Å²) in [6, 6.07) is 9.05. The van der Waals surface area contributed by atoms with Crippen LogP contribution < -0.4 is 5.56 Å². The highest BCUT2D eigenvalue weighted by molar-refractivity contribution is 9.10. The Labute approximate surface area is 143 Å². The Hall–Kier alpha value is -1.95. The Kier molecular flexibility index (Phi) is 5.71. The van der Waals surface area contributed by atoms with E-state index in [2.05, 4.69) is 21.0 Å². The molecule has 0 aliphatic heterocycles. The number of ether oxygens (including phenoxy) is 1. The molecule has 0 aliphatic carbocycles. The molecule has 0 radical (unpaired) electrons. The molecule has 0 N–H and O–H groups in total. The molecule has 2 aromatic rings. The van der Waals surface area contributed by atoms with Gasteiger partial charge in [-0.05, 0) is 31.0 Å². The molecule has 1 aromatic carbocycles. The number of hydrogen-bond acceptors (Lipinski definition) is 4. The molecule has 0 bridgehead atoms. The lowest BCUT2D eigenvalue weighted by Crippen LogP contribution is -2.31. The first-order chi connectivity index (χ1) is 10.9. The number of hydrogen-bond donors (Lipinski definition) is 0. The SMILES string of the molecule is CCOC(=O)c1cc(-c2cccc(Br)c2)nn(CC(C)C)c1=O. The number of carbonyl (C=O) groups is 1. The number of halogens is 1. The largest absolute Gasteiger partial charge is 0.462 e. The van der Waals surface area contributed by atoms with E-state index in [1.807, 2.05) is 38.1 Å². The Morgan fingerprint density at radius 3 is 2.70 bits per heavy atom. The highest BCUT2D eigenvalue weighted by Gasteiger charge is 2.18. The summed E-state index contributed by atoms with van der Waals surface area (Å²) in [5, 5.41) is 4.40. The van der Waals surface area contributed by atoms with Crippen molar-refractivity contribution >= 4 is 21.9 Å². The number of esters is 1. The molecule has 1 aromatic heterocycles. The monoisotopic (exact) mass is 378 g/mol. The van der Waals surface area contributed by atoms with E-state index in [0.717, 1.165) is 10.0 Å². The second-order valence-corrected chi connectivity index (χ2v) is 6.47. The van der Waals surface area contributed by atoms with E-state index >= 15 is 0 Å². The minimum atomic E-state index is -0.617. The second-order valence-electron chi connectivity index (χ2n) is 5.56. The van der Waals surface area contributed by atoms with Crippen molar-refractivity contribution in [3.8, 4) is 11.3 Å². The predicted octanol–water partition coefficient (Wildman–Crippen LogP) is 3.51. The van der Waals surface area contributed by atoms with Crippen LogP contribution in [-0.2, 0) is 11.3 Å². The van der Waals surface area contributed by atoms with Crippen LogP contribution in [0.3, 0.4) is 0 Å². The molecule has 0 amide bonds. The van der Waals surface area contributed by atoms with Crippen molar-refractivity contribution in [2.45, 2.75) is 27.3 Å². The van der Waals surface area contributed by atoms with Crippen LogP contribution in [0.4, 0.5) is 0 Å². The van der Waals surface area contributed by atoms with Gasteiger partial charge in [0, 0.05) is 16.6 Å². The first kappa shape index (κ1) is 17.4. The average Bonchev–Trinajstić information content (AvgIpc) is 2.49. The molecule has 0 saturated carbocycles. The zero-order valence-electron chi connectivity index (χ0n) is 13.4. The third-order valence-electron chi connectivity index (χ3n) is 3.13. The van der Waals surface area contributed by atoms with Gasteiger partial charge in [-0.1, -0.05) is 41.9 Å². The molecule has 0 fully saturated rings. The Morgan fingerprint density at radius 2 is 2.09 bits per heavy atom. The molecule has 0 spiro atoms. The van der Waals surface area contributed by atoms with Crippen molar-refractivity contribution in [2.75, 3.05) is 6.61 Å². The molecule has 2 rings (SSSR count). The lowest BCUT2D eigenvalue weighted by atomic mass is 10.1. The topological polar surface area (TPSA) is 61.2 Å². The number of aromatic nitrogens is 2. The van der Waals surface area contributed by atoms with Gasteiger partial charge in [-0.3, -0.25) is 4.79 Å². The van der Waals surface area contributed by atoms with Crippen LogP contribution in [0.15, 0.2) is 39.6 Å². The van der Waals surface area contributed by atoms with Crippen LogP contribution in [0.1, 0.15) is 31.1 Å². The van der Waals surface area contributed by atoms with Crippen molar-refractivity contribution in [1.82, 2.24) is 9.78 Å². The van der Waals surface area contributed by atoms with Crippen LogP contribution >= 0.6 is 15.9 Å². The summed E-state index contributed by atoms with van der Waals surface area (Å²) >= 11 is 3.42. The molecule has 0 aliphatic rings. The van der Waals surface area contributed by atoms with Gasteiger partial charge in [-0.2, -0.15) is 5.10 Å². The van der Waals surface area contributed by atoms with Gasteiger partial charge in [0.15, 0.2) is 0 Å². The minimum Gasteiger partial charge on any atom is -0.462 e. The number of nitrogens with zero attached hydrogens (tertiary/aromatic N) is 2. The molecule has 122 valence electrons. The summed E-state index contributed by atoms with van der Waals surface area (Å²) in [7, 11) is 0. The van der Waals surface area contributed by atoms with Crippen molar-refractivity contribution in [1.29, 1.82) is 0 Å². The fourth-order valence-electron chi connectivity index (χ4n) is 2.16. The van der Waals surface area contributed by atoms with Crippen molar-refractivity contribution in [3.05, 3.63) is 50.7 Å². The van der Waals surface area contributed by atoms with Crippen LogP contribution in [-0.4, -0.2) is 22.4 Å². The summed E-state index contributed by atoms with van der Waals surface area (Å²) in [6.45, 7) is 6.35. The van der Waals surface area contributed by atoms with Crippen molar-refractivity contribution < 1.29 is 9.53 Å². The Bertz CT molecular complexity index is 769.